The molecule has 1 aliphatic carbocycles. The summed E-state index contributed by atoms with van der Waals surface area (Å²) >= 11 is 1.77. The van der Waals surface area contributed by atoms with Gasteiger partial charge in [-0.1, -0.05) is 24.3 Å². The van der Waals surface area contributed by atoms with Crippen LogP contribution in [0, 0.1) is 0 Å². The predicted octanol–water partition coefficient (Wildman–Crippen LogP) is 4.61. The van der Waals surface area contributed by atoms with Gasteiger partial charge in [0.25, 0.3) is 5.91 Å². The van der Waals surface area contributed by atoms with Crippen LogP contribution in [-0.2, 0) is 4.79 Å². The minimum absolute atomic E-state index is 0.0231. The van der Waals surface area contributed by atoms with E-state index in [2.05, 4.69) is 17.4 Å². The lowest BCUT2D eigenvalue weighted by atomic mass is 9.97. The van der Waals surface area contributed by atoms with Crippen molar-refractivity contribution >= 4 is 39.4 Å². The summed E-state index contributed by atoms with van der Waals surface area (Å²) in [6, 6.07) is 16.0. The van der Waals surface area contributed by atoms with Crippen LogP contribution in [0.1, 0.15) is 52.5 Å². The molecule has 1 N–H and O–H groups in total. The van der Waals surface area contributed by atoms with Crippen molar-refractivity contribution in [3.05, 3.63) is 70.7 Å². The van der Waals surface area contributed by atoms with Crippen LogP contribution in [-0.4, -0.2) is 40.8 Å². The molecule has 2 aliphatic rings. The zero-order valence-corrected chi connectivity index (χ0v) is 18.1. The van der Waals surface area contributed by atoms with Gasteiger partial charge in [-0.2, -0.15) is 0 Å². The molecule has 0 atom stereocenters. The van der Waals surface area contributed by atoms with E-state index >= 15 is 0 Å². The molecule has 2 aromatic carbocycles. The summed E-state index contributed by atoms with van der Waals surface area (Å²) < 4.78 is 1.23. The third-order valence-corrected chi connectivity index (χ3v) is 7.17. The fraction of sp³-hybridized carbons (Fsp3) is 0.320. The zero-order valence-electron chi connectivity index (χ0n) is 17.3. The second-order valence-electron chi connectivity index (χ2n) is 8.32. The second-order valence-corrected chi connectivity index (χ2v) is 9.38. The molecule has 5 rings (SSSR count). The van der Waals surface area contributed by atoms with E-state index in [1.165, 1.54) is 9.71 Å². The average molecular weight is 432 g/mol. The van der Waals surface area contributed by atoms with E-state index in [0.29, 0.717) is 17.5 Å². The van der Waals surface area contributed by atoms with E-state index in [4.69, 9.17) is 4.98 Å². The molecule has 2 amide bonds. The van der Waals surface area contributed by atoms with Crippen molar-refractivity contribution in [2.45, 2.75) is 37.6 Å². The highest BCUT2D eigenvalue weighted by molar-refractivity contribution is 7.18. The van der Waals surface area contributed by atoms with Crippen molar-refractivity contribution in [2.24, 2.45) is 0 Å². The van der Waals surface area contributed by atoms with Crippen LogP contribution < -0.4 is 5.32 Å². The molecule has 158 valence electrons. The van der Waals surface area contributed by atoms with Crippen LogP contribution in [0.25, 0.3) is 16.3 Å². The Morgan fingerprint density at radius 3 is 2.45 bits per heavy atom. The van der Waals surface area contributed by atoms with Crippen molar-refractivity contribution in [1.29, 1.82) is 0 Å². The van der Waals surface area contributed by atoms with Crippen molar-refractivity contribution in [2.75, 3.05) is 13.1 Å². The largest absolute Gasteiger partial charge is 0.349 e. The van der Waals surface area contributed by atoms with Gasteiger partial charge >= 0.3 is 0 Å². The van der Waals surface area contributed by atoms with Gasteiger partial charge in [-0.25, -0.2) is 4.98 Å². The first-order chi connectivity index (χ1) is 15.2. The third kappa shape index (κ3) is 4.69. The first-order valence-corrected chi connectivity index (χ1v) is 11.7. The van der Waals surface area contributed by atoms with E-state index in [1.54, 1.807) is 17.4 Å². The quantitative estimate of drug-likeness (QED) is 0.600. The van der Waals surface area contributed by atoms with Crippen LogP contribution in [0.3, 0.4) is 0 Å². The summed E-state index contributed by atoms with van der Waals surface area (Å²) in [7, 11) is 0. The number of hydrogen-bond donors (Lipinski definition) is 1. The van der Waals surface area contributed by atoms with Gasteiger partial charge in [0.2, 0.25) is 5.91 Å². The number of carbonyl (C=O) groups is 2. The number of amides is 2. The number of para-hydroxylation sites is 1. The highest BCUT2D eigenvalue weighted by Gasteiger charge is 2.25. The summed E-state index contributed by atoms with van der Waals surface area (Å²) in [5, 5.41) is 4.17. The van der Waals surface area contributed by atoms with Crippen molar-refractivity contribution in [3.8, 4) is 0 Å². The van der Waals surface area contributed by atoms with Crippen LogP contribution in [0.5, 0.6) is 0 Å². The number of rotatable bonds is 5. The molecule has 1 aromatic heterocycles. The standard InChI is InChI=1S/C25H25N3O2S/c29-23(12-7-17-5-8-18(9-6-17)24(30)26-20-10-11-20)28-15-13-19(14-16-28)25-27-21-3-1-2-4-22(21)31-25/h1-9,12,19-20H,10-11,13-16H2,(H,26,30)/b12-7+. The summed E-state index contributed by atoms with van der Waals surface area (Å²) in [5.41, 5.74) is 2.65. The SMILES string of the molecule is O=C(NC1CC1)c1ccc(/C=C/C(=O)N2CCC(c3nc4ccccc4s3)CC2)cc1. The van der Waals surface area contributed by atoms with Gasteiger partial charge in [0.1, 0.15) is 0 Å². The van der Waals surface area contributed by atoms with Gasteiger partial charge in [-0.3, -0.25) is 9.59 Å². The van der Waals surface area contributed by atoms with Gasteiger partial charge in [0.05, 0.1) is 15.2 Å². The molecule has 0 bridgehead atoms. The fourth-order valence-corrected chi connectivity index (χ4v) is 5.06. The van der Waals surface area contributed by atoms with Crippen molar-refractivity contribution in [1.82, 2.24) is 15.2 Å². The molecule has 0 radical (unpaired) electrons. The number of fused-ring (bicyclic) bond motifs is 1. The van der Waals surface area contributed by atoms with Crippen LogP contribution in [0.4, 0.5) is 0 Å². The van der Waals surface area contributed by atoms with Crippen LogP contribution >= 0.6 is 11.3 Å². The Morgan fingerprint density at radius 1 is 1.00 bits per heavy atom. The molecule has 31 heavy (non-hydrogen) atoms. The minimum atomic E-state index is -0.0231. The molecule has 6 heteroatoms. The summed E-state index contributed by atoms with van der Waals surface area (Å²) in [6.45, 7) is 1.51. The van der Waals surface area contributed by atoms with E-state index in [1.807, 2.05) is 47.4 Å². The first-order valence-electron chi connectivity index (χ1n) is 10.9. The molecule has 1 aliphatic heterocycles. The van der Waals surface area contributed by atoms with Crippen LogP contribution in [0.15, 0.2) is 54.6 Å². The number of likely N-dealkylation sites (tertiary alicyclic amines) is 1. The van der Waals surface area contributed by atoms with Gasteiger partial charge < -0.3 is 10.2 Å². The van der Waals surface area contributed by atoms with Gasteiger partial charge in [-0.05, 0) is 61.6 Å². The van der Waals surface area contributed by atoms with Gasteiger partial charge in [0, 0.05) is 36.7 Å². The fourth-order valence-electron chi connectivity index (χ4n) is 3.93. The van der Waals surface area contributed by atoms with Gasteiger partial charge in [-0.15, -0.1) is 11.3 Å². The average Bonchev–Trinajstić information content (AvgIpc) is 3.52. The maximum absolute atomic E-state index is 12.6. The number of carbonyl (C=O) groups excluding carboxylic acids is 2. The molecule has 2 fully saturated rings. The Kier molecular flexibility index (Phi) is 5.55. The number of thiazole rings is 1. The van der Waals surface area contributed by atoms with Gasteiger partial charge in [0.15, 0.2) is 0 Å². The van der Waals surface area contributed by atoms with E-state index in [9.17, 15) is 9.59 Å². The Balaban J connectivity index is 1.15. The number of piperidine rings is 1. The summed E-state index contributed by atoms with van der Waals surface area (Å²) in [5.74, 6) is 0.447. The molecule has 3 aromatic rings. The number of benzene rings is 2. The zero-order chi connectivity index (χ0) is 21.2. The van der Waals surface area contributed by atoms with Crippen LogP contribution in [0.2, 0.25) is 0 Å². The topological polar surface area (TPSA) is 62.3 Å². The minimum Gasteiger partial charge on any atom is -0.349 e. The number of hydrogen-bond acceptors (Lipinski definition) is 4. The second kappa shape index (κ2) is 8.63. The maximum atomic E-state index is 12.6. The molecule has 5 nitrogen and oxygen atoms in total. The molecule has 2 heterocycles. The molecule has 0 spiro atoms. The molecular formula is C25H25N3O2S. The lowest BCUT2D eigenvalue weighted by molar-refractivity contribution is -0.126. The normalized spacial score (nSPS) is 17.4. The smallest absolute Gasteiger partial charge is 0.251 e. The summed E-state index contributed by atoms with van der Waals surface area (Å²) in [6.07, 6.45) is 7.51. The van der Waals surface area contributed by atoms with Crippen molar-refractivity contribution in [3.63, 3.8) is 0 Å². The predicted molar refractivity (Wildman–Crippen MR) is 124 cm³/mol. The number of nitrogens with one attached hydrogen (secondary N) is 1. The van der Waals surface area contributed by atoms with E-state index < -0.39 is 0 Å². The third-order valence-electron chi connectivity index (χ3n) is 5.97. The Morgan fingerprint density at radius 2 is 1.74 bits per heavy atom. The summed E-state index contributed by atoms with van der Waals surface area (Å²) in [4.78, 5) is 31.4. The lowest BCUT2D eigenvalue weighted by Crippen LogP contribution is -2.36. The maximum Gasteiger partial charge on any atom is 0.251 e. The van der Waals surface area contributed by atoms with E-state index in [-0.39, 0.29) is 11.8 Å². The number of nitrogens with zero attached hydrogens (tertiary/aromatic N) is 2. The van der Waals surface area contributed by atoms with Crippen molar-refractivity contribution < 1.29 is 9.59 Å². The number of aromatic nitrogens is 1. The Bertz CT molecular complexity index is 1090. The highest BCUT2D eigenvalue weighted by Crippen LogP contribution is 2.33. The molecule has 1 saturated carbocycles. The highest BCUT2D eigenvalue weighted by atomic mass is 32.1. The monoisotopic (exact) mass is 431 g/mol. The molecule has 0 unspecified atom stereocenters. The Hall–Kier alpha value is -2.99. The molecular weight excluding hydrogens is 406 g/mol. The molecule has 1 saturated heterocycles. The lowest BCUT2D eigenvalue weighted by Gasteiger charge is -2.30. The Labute approximate surface area is 185 Å². The first kappa shape index (κ1) is 19.9. The van der Waals surface area contributed by atoms with E-state index in [0.717, 1.165) is 49.9 Å².